The normalized spacial score (nSPS) is 16.3. The molecule has 0 atom stereocenters. The Balaban J connectivity index is 1.78. The number of carbonyl (C=O) groups is 1. The van der Waals surface area contributed by atoms with Crippen LogP contribution in [0.25, 0.3) is 0 Å². The van der Waals surface area contributed by atoms with Crippen molar-refractivity contribution in [1.82, 2.24) is 10.3 Å². The molecule has 1 N–H and O–H groups in total. The molecule has 1 aliphatic rings. The number of anilines is 1. The van der Waals surface area contributed by atoms with Crippen LogP contribution < -0.4 is 10.2 Å². The maximum Gasteiger partial charge on any atom is 0.255 e. The number of piperidine rings is 1. The van der Waals surface area contributed by atoms with Crippen molar-refractivity contribution < 1.29 is 13.6 Å². The van der Waals surface area contributed by atoms with E-state index in [1.165, 1.54) is 0 Å². The molecule has 4 nitrogen and oxygen atoms in total. The zero-order valence-electron chi connectivity index (χ0n) is 11.6. The van der Waals surface area contributed by atoms with Gasteiger partial charge in [-0.25, -0.2) is 8.78 Å². The van der Waals surface area contributed by atoms with E-state index in [4.69, 9.17) is 0 Å². The fourth-order valence-electron chi connectivity index (χ4n) is 2.53. The van der Waals surface area contributed by atoms with Crippen molar-refractivity contribution in [2.75, 3.05) is 24.5 Å². The lowest BCUT2D eigenvalue weighted by Crippen LogP contribution is -2.36. The second-order valence-electron chi connectivity index (χ2n) is 5.16. The highest BCUT2D eigenvalue weighted by Gasteiger charge is 2.22. The molecule has 1 fully saturated rings. The number of alkyl halides is 2. The Hall–Kier alpha value is -1.24. The van der Waals surface area contributed by atoms with Crippen LogP contribution in [0.5, 0.6) is 0 Å². The van der Waals surface area contributed by atoms with Crippen molar-refractivity contribution in [2.24, 2.45) is 5.92 Å². The summed E-state index contributed by atoms with van der Waals surface area (Å²) in [4.78, 5) is 17.8. The first-order chi connectivity index (χ1) is 10.1. The first-order valence-corrected chi connectivity index (χ1v) is 7.75. The van der Waals surface area contributed by atoms with E-state index in [0.29, 0.717) is 6.42 Å². The molecule has 1 aromatic heterocycles. The van der Waals surface area contributed by atoms with Crippen LogP contribution in [-0.2, 0) is 4.79 Å². The first kappa shape index (κ1) is 16.1. The Morgan fingerprint density at radius 2 is 2.19 bits per heavy atom. The average molecular weight is 362 g/mol. The highest BCUT2D eigenvalue weighted by Crippen LogP contribution is 2.29. The summed E-state index contributed by atoms with van der Waals surface area (Å²) in [6.07, 6.45) is 3.13. The van der Waals surface area contributed by atoms with E-state index in [1.54, 1.807) is 12.4 Å². The maximum absolute atomic E-state index is 12.0. The van der Waals surface area contributed by atoms with Crippen molar-refractivity contribution in [3.63, 3.8) is 0 Å². The number of hydrogen-bond acceptors (Lipinski definition) is 3. The van der Waals surface area contributed by atoms with Gasteiger partial charge in [0.05, 0.1) is 16.7 Å². The molecule has 116 valence electrons. The summed E-state index contributed by atoms with van der Waals surface area (Å²) in [5.41, 5.74) is 1.10. The third kappa shape index (κ3) is 4.91. The molecule has 21 heavy (non-hydrogen) atoms. The number of rotatable bonds is 5. The minimum absolute atomic E-state index is 0.263. The van der Waals surface area contributed by atoms with Crippen LogP contribution in [0, 0.1) is 5.92 Å². The van der Waals surface area contributed by atoms with Gasteiger partial charge in [-0.15, -0.1) is 0 Å². The Morgan fingerprint density at radius 1 is 1.48 bits per heavy atom. The second kappa shape index (κ2) is 7.68. The standard InChI is InChI=1S/C14H18BrF2N3O/c15-11-8-18-4-1-12(11)20-5-2-10(3-6-20)7-14(21)19-9-13(16)17/h1,4,8,10,13H,2-3,5-7,9H2,(H,19,21). The molecule has 2 rings (SSSR count). The second-order valence-corrected chi connectivity index (χ2v) is 6.01. The van der Waals surface area contributed by atoms with E-state index in [9.17, 15) is 13.6 Å². The molecule has 1 amide bonds. The van der Waals surface area contributed by atoms with E-state index in [0.717, 1.165) is 36.1 Å². The molecule has 0 bridgehead atoms. The van der Waals surface area contributed by atoms with Crippen LogP contribution in [0.2, 0.25) is 0 Å². The molecule has 1 aromatic rings. The van der Waals surface area contributed by atoms with Crippen molar-refractivity contribution in [3.8, 4) is 0 Å². The molecular weight excluding hydrogens is 344 g/mol. The van der Waals surface area contributed by atoms with Crippen LogP contribution in [0.1, 0.15) is 19.3 Å². The molecule has 7 heteroatoms. The molecule has 1 aliphatic heterocycles. The molecule has 0 radical (unpaired) electrons. The number of pyridine rings is 1. The molecule has 0 spiro atoms. The fourth-order valence-corrected chi connectivity index (χ4v) is 3.03. The average Bonchev–Trinajstić information content (AvgIpc) is 2.47. The minimum atomic E-state index is -2.49. The lowest BCUT2D eigenvalue weighted by molar-refractivity contribution is -0.122. The van der Waals surface area contributed by atoms with Gasteiger partial charge in [-0.3, -0.25) is 9.78 Å². The number of nitrogens with one attached hydrogen (secondary N) is 1. The highest BCUT2D eigenvalue weighted by molar-refractivity contribution is 9.10. The van der Waals surface area contributed by atoms with Crippen LogP contribution in [0.3, 0.4) is 0 Å². The molecule has 0 unspecified atom stereocenters. The third-order valence-corrected chi connectivity index (χ3v) is 4.24. The lowest BCUT2D eigenvalue weighted by Gasteiger charge is -2.33. The van der Waals surface area contributed by atoms with E-state index in [1.807, 2.05) is 6.07 Å². The van der Waals surface area contributed by atoms with E-state index >= 15 is 0 Å². The Kier molecular flexibility index (Phi) is 5.90. The zero-order valence-corrected chi connectivity index (χ0v) is 13.2. The lowest BCUT2D eigenvalue weighted by atomic mass is 9.93. The molecular formula is C14H18BrF2N3O. The molecule has 0 aliphatic carbocycles. The van der Waals surface area contributed by atoms with Gasteiger partial charge in [0.25, 0.3) is 6.43 Å². The monoisotopic (exact) mass is 361 g/mol. The number of amides is 1. The van der Waals surface area contributed by atoms with E-state index < -0.39 is 13.0 Å². The van der Waals surface area contributed by atoms with Crippen LogP contribution in [0.4, 0.5) is 14.5 Å². The van der Waals surface area contributed by atoms with Gasteiger partial charge >= 0.3 is 0 Å². The molecule has 2 heterocycles. The van der Waals surface area contributed by atoms with E-state index in [2.05, 4.69) is 31.1 Å². The van der Waals surface area contributed by atoms with Gasteiger partial charge < -0.3 is 10.2 Å². The van der Waals surface area contributed by atoms with Gasteiger partial charge in [-0.05, 0) is 40.8 Å². The van der Waals surface area contributed by atoms with Gasteiger partial charge in [-0.2, -0.15) is 0 Å². The zero-order chi connectivity index (χ0) is 15.2. The van der Waals surface area contributed by atoms with Crippen molar-refractivity contribution in [3.05, 3.63) is 22.9 Å². The van der Waals surface area contributed by atoms with Gasteiger partial charge in [0.2, 0.25) is 5.91 Å². The van der Waals surface area contributed by atoms with Gasteiger partial charge in [-0.1, -0.05) is 0 Å². The maximum atomic E-state index is 12.0. The first-order valence-electron chi connectivity index (χ1n) is 6.95. The largest absolute Gasteiger partial charge is 0.371 e. The van der Waals surface area contributed by atoms with Crippen molar-refractivity contribution >= 4 is 27.5 Å². The third-order valence-electron chi connectivity index (χ3n) is 3.63. The predicted molar refractivity (Wildman–Crippen MR) is 80.5 cm³/mol. The Bertz CT molecular complexity index is 479. The van der Waals surface area contributed by atoms with E-state index in [-0.39, 0.29) is 11.8 Å². The summed E-state index contributed by atoms with van der Waals surface area (Å²) >= 11 is 3.48. The Morgan fingerprint density at radius 3 is 2.81 bits per heavy atom. The van der Waals surface area contributed by atoms with Gasteiger partial charge in [0.15, 0.2) is 0 Å². The number of hydrogen-bond donors (Lipinski definition) is 1. The predicted octanol–water partition coefficient (Wildman–Crippen LogP) is 2.83. The number of nitrogens with zero attached hydrogens (tertiary/aromatic N) is 2. The van der Waals surface area contributed by atoms with Gasteiger partial charge in [0, 0.05) is 31.9 Å². The summed E-state index contributed by atoms with van der Waals surface area (Å²) < 4.78 is 25.0. The van der Waals surface area contributed by atoms with Crippen LogP contribution >= 0.6 is 15.9 Å². The number of carbonyl (C=O) groups excluding carboxylic acids is 1. The van der Waals surface area contributed by atoms with Crippen LogP contribution in [-0.4, -0.2) is 37.0 Å². The summed E-state index contributed by atoms with van der Waals surface area (Å²) in [7, 11) is 0. The SMILES string of the molecule is O=C(CC1CCN(c2ccncc2Br)CC1)NCC(F)F. The topological polar surface area (TPSA) is 45.2 Å². The van der Waals surface area contributed by atoms with Crippen molar-refractivity contribution in [2.45, 2.75) is 25.7 Å². The number of halogens is 3. The summed E-state index contributed by atoms with van der Waals surface area (Å²) in [6.45, 7) is 1.16. The molecule has 0 aromatic carbocycles. The number of aromatic nitrogens is 1. The van der Waals surface area contributed by atoms with Gasteiger partial charge in [0.1, 0.15) is 0 Å². The quantitative estimate of drug-likeness (QED) is 0.876. The van der Waals surface area contributed by atoms with Crippen LogP contribution in [0.15, 0.2) is 22.9 Å². The highest BCUT2D eigenvalue weighted by atomic mass is 79.9. The Labute approximate surface area is 131 Å². The minimum Gasteiger partial charge on any atom is -0.371 e. The fraction of sp³-hybridized carbons (Fsp3) is 0.571. The molecule has 0 saturated carbocycles. The molecule has 1 saturated heterocycles. The summed E-state index contributed by atoms with van der Waals surface area (Å²) in [6, 6.07) is 1.96. The smallest absolute Gasteiger partial charge is 0.255 e. The summed E-state index contributed by atoms with van der Waals surface area (Å²) in [5.74, 6) is -0.0154. The summed E-state index contributed by atoms with van der Waals surface area (Å²) in [5, 5.41) is 2.26. The van der Waals surface area contributed by atoms with Crippen molar-refractivity contribution in [1.29, 1.82) is 0 Å².